The van der Waals surface area contributed by atoms with E-state index in [-0.39, 0.29) is 16.2 Å². The highest BCUT2D eigenvalue weighted by Crippen LogP contribution is 2.31. The summed E-state index contributed by atoms with van der Waals surface area (Å²) in [5.41, 5.74) is 8.23. The Balaban J connectivity index is 1.73. The molecule has 0 bridgehead atoms. The van der Waals surface area contributed by atoms with Gasteiger partial charge >= 0.3 is 0 Å². The molecule has 29 heavy (non-hydrogen) atoms. The molecule has 1 amide bonds. The van der Waals surface area contributed by atoms with E-state index in [1.165, 1.54) is 16.1 Å². The second-order valence-corrected chi connectivity index (χ2v) is 11.2. The van der Waals surface area contributed by atoms with Crippen LogP contribution < -0.4 is 11.1 Å². The Kier molecular flexibility index (Phi) is 6.26. The summed E-state index contributed by atoms with van der Waals surface area (Å²) in [4.78, 5) is 12.9. The largest absolute Gasteiger partial charge is 0.399 e. The first-order chi connectivity index (χ1) is 13.6. The molecule has 156 valence electrons. The molecule has 1 saturated heterocycles. The summed E-state index contributed by atoms with van der Waals surface area (Å²) in [5.74, 6) is 0.276. The topological polar surface area (TPSA) is 92.5 Å². The van der Waals surface area contributed by atoms with Gasteiger partial charge in [0.2, 0.25) is 15.9 Å². The molecule has 0 aromatic heterocycles. The quantitative estimate of drug-likeness (QED) is 0.707. The van der Waals surface area contributed by atoms with Crippen LogP contribution in [0.2, 0.25) is 0 Å². The van der Waals surface area contributed by atoms with Crippen molar-refractivity contribution < 1.29 is 13.2 Å². The molecule has 1 aliphatic heterocycles. The van der Waals surface area contributed by atoms with Crippen molar-refractivity contribution in [2.45, 2.75) is 43.0 Å². The Morgan fingerprint density at radius 3 is 2.34 bits per heavy atom. The number of nitrogens with two attached hydrogens (primary N) is 1. The molecule has 1 heterocycles. The minimum Gasteiger partial charge on any atom is -0.399 e. The third-order valence-corrected chi connectivity index (χ3v) is 8.06. The minimum absolute atomic E-state index is 0.0592. The Bertz CT molecular complexity index is 966. The number of sulfonamides is 1. The van der Waals surface area contributed by atoms with Gasteiger partial charge in [0.05, 0.1) is 4.90 Å². The second kappa shape index (κ2) is 8.38. The Morgan fingerprint density at radius 2 is 1.76 bits per heavy atom. The van der Waals surface area contributed by atoms with Crippen molar-refractivity contribution in [3.05, 3.63) is 59.7 Å². The number of carbonyl (C=O) groups excluding carboxylic acids is 1. The lowest BCUT2D eigenvalue weighted by Crippen LogP contribution is -2.44. The highest BCUT2D eigenvalue weighted by Gasteiger charge is 2.40. The monoisotopic (exact) mass is 433 g/mol. The van der Waals surface area contributed by atoms with Crippen LogP contribution in [0.3, 0.4) is 0 Å². The van der Waals surface area contributed by atoms with Crippen LogP contribution in [0.5, 0.6) is 0 Å². The lowest BCUT2D eigenvalue weighted by atomic mass is 9.87. The molecule has 6 nitrogen and oxygen atoms in total. The van der Waals surface area contributed by atoms with E-state index in [0.717, 1.165) is 11.1 Å². The number of hydrogen-bond acceptors (Lipinski definition) is 5. The molecular formula is C21H27N3O3S2. The smallest absolute Gasteiger partial charge is 0.249 e. The van der Waals surface area contributed by atoms with Gasteiger partial charge in [0.15, 0.2) is 0 Å². The van der Waals surface area contributed by atoms with Gasteiger partial charge in [-0.2, -0.15) is 4.31 Å². The van der Waals surface area contributed by atoms with Crippen molar-refractivity contribution >= 4 is 33.4 Å². The van der Waals surface area contributed by atoms with Crippen LogP contribution in [0.4, 0.5) is 5.69 Å². The van der Waals surface area contributed by atoms with Crippen LogP contribution in [0, 0.1) is 0 Å². The molecule has 0 spiro atoms. The van der Waals surface area contributed by atoms with Gasteiger partial charge < -0.3 is 11.1 Å². The molecule has 2 aromatic rings. The van der Waals surface area contributed by atoms with Crippen LogP contribution in [0.15, 0.2) is 53.4 Å². The van der Waals surface area contributed by atoms with Gasteiger partial charge in [-0.25, -0.2) is 8.42 Å². The Labute approximate surface area is 176 Å². The normalized spacial score (nSPS) is 18.0. The van der Waals surface area contributed by atoms with E-state index in [1.807, 2.05) is 24.3 Å². The van der Waals surface area contributed by atoms with E-state index >= 15 is 0 Å². The third kappa shape index (κ3) is 4.94. The summed E-state index contributed by atoms with van der Waals surface area (Å²) >= 11 is 1.34. The molecule has 1 unspecified atom stereocenters. The predicted octanol–water partition coefficient (Wildman–Crippen LogP) is 2.95. The zero-order valence-electron chi connectivity index (χ0n) is 16.9. The van der Waals surface area contributed by atoms with E-state index < -0.39 is 15.4 Å². The standard InChI is InChI=1S/C21H27N3O3S2/c1-21(2,3)16-6-10-18(11-7-16)29(26,27)24-12-13-28-20(24)19(25)23-14-15-4-8-17(22)9-5-15/h4-11,20H,12-14,22H2,1-3H3,(H,23,25). The number of amides is 1. The van der Waals surface area contributed by atoms with Gasteiger partial charge in [0.25, 0.3) is 0 Å². The minimum atomic E-state index is -3.75. The molecule has 0 saturated carbocycles. The second-order valence-electron chi connectivity index (χ2n) is 8.07. The molecule has 1 aliphatic rings. The summed E-state index contributed by atoms with van der Waals surface area (Å²) < 4.78 is 27.6. The summed E-state index contributed by atoms with van der Waals surface area (Å²) in [5, 5.41) is 2.07. The number of nitrogens with zero attached hydrogens (tertiary/aromatic N) is 1. The molecule has 3 rings (SSSR count). The number of anilines is 1. The van der Waals surface area contributed by atoms with Crippen molar-refractivity contribution in [3.63, 3.8) is 0 Å². The average Bonchev–Trinajstić information content (AvgIpc) is 3.17. The van der Waals surface area contributed by atoms with E-state index in [9.17, 15) is 13.2 Å². The van der Waals surface area contributed by atoms with Crippen molar-refractivity contribution in [1.82, 2.24) is 9.62 Å². The fourth-order valence-electron chi connectivity index (χ4n) is 3.08. The maximum atomic E-state index is 13.1. The van der Waals surface area contributed by atoms with Crippen molar-refractivity contribution in [2.24, 2.45) is 0 Å². The SMILES string of the molecule is CC(C)(C)c1ccc(S(=O)(=O)N2CCSC2C(=O)NCc2ccc(N)cc2)cc1. The number of nitrogen functional groups attached to an aromatic ring is 1. The number of hydrogen-bond donors (Lipinski definition) is 2. The first kappa shape index (κ1) is 21.7. The molecule has 1 atom stereocenters. The van der Waals surface area contributed by atoms with Crippen LogP contribution >= 0.6 is 11.8 Å². The number of thioether (sulfide) groups is 1. The summed E-state index contributed by atoms with van der Waals surface area (Å²) in [6.07, 6.45) is 0. The van der Waals surface area contributed by atoms with Crippen molar-refractivity contribution in [2.75, 3.05) is 18.0 Å². The molecule has 2 aromatic carbocycles. The van der Waals surface area contributed by atoms with E-state index in [4.69, 9.17) is 5.73 Å². The number of carbonyl (C=O) groups is 1. The zero-order chi connectivity index (χ0) is 21.2. The first-order valence-corrected chi connectivity index (χ1v) is 11.9. The Morgan fingerprint density at radius 1 is 1.14 bits per heavy atom. The van der Waals surface area contributed by atoms with Gasteiger partial charge in [-0.3, -0.25) is 4.79 Å². The number of benzene rings is 2. The van der Waals surface area contributed by atoms with Crippen molar-refractivity contribution in [3.8, 4) is 0 Å². The molecule has 1 fully saturated rings. The summed E-state index contributed by atoms with van der Waals surface area (Å²) in [6, 6.07) is 14.1. The molecule has 8 heteroatoms. The van der Waals surface area contributed by atoms with Gasteiger partial charge in [-0.05, 0) is 40.8 Å². The summed E-state index contributed by atoms with van der Waals surface area (Å²) in [6.45, 7) is 6.87. The van der Waals surface area contributed by atoms with E-state index in [0.29, 0.717) is 24.5 Å². The van der Waals surface area contributed by atoms with Gasteiger partial charge in [-0.15, -0.1) is 11.8 Å². The first-order valence-electron chi connectivity index (χ1n) is 9.45. The van der Waals surface area contributed by atoms with Crippen LogP contribution in [0.25, 0.3) is 0 Å². The maximum absolute atomic E-state index is 13.1. The predicted molar refractivity (Wildman–Crippen MR) is 118 cm³/mol. The zero-order valence-corrected chi connectivity index (χ0v) is 18.5. The lowest BCUT2D eigenvalue weighted by molar-refractivity contribution is -0.122. The summed E-state index contributed by atoms with van der Waals surface area (Å²) in [7, 11) is -3.75. The van der Waals surface area contributed by atoms with Crippen LogP contribution in [-0.2, 0) is 26.8 Å². The maximum Gasteiger partial charge on any atom is 0.249 e. The molecule has 3 N–H and O–H groups in total. The molecule has 0 radical (unpaired) electrons. The molecule has 0 aliphatic carbocycles. The molecular weight excluding hydrogens is 406 g/mol. The van der Waals surface area contributed by atoms with Gasteiger partial charge in [-0.1, -0.05) is 45.0 Å². The van der Waals surface area contributed by atoms with Crippen molar-refractivity contribution in [1.29, 1.82) is 0 Å². The van der Waals surface area contributed by atoms with Crippen LogP contribution in [0.1, 0.15) is 31.9 Å². The highest BCUT2D eigenvalue weighted by molar-refractivity contribution is 8.02. The lowest BCUT2D eigenvalue weighted by Gasteiger charge is -2.23. The van der Waals surface area contributed by atoms with Gasteiger partial charge in [0, 0.05) is 24.5 Å². The third-order valence-electron chi connectivity index (χ3n) is 4.85. The number of rotatable bonds is 5. The fourth-order valence-corrected chi connectivity index (χ4v) is 6.18. The average molecular weight is 434 g/mol. The van der Waals surface area contributed by atoms with E-state index in [1.54, 1.807) is 24.3 Å². The van der Waals surface area contributed by atoms with E-state index in [2.05, 4.69) is 26.1 Å². The Hall–Kier alpha value is -2.03. The van der Waals surface area contributed by atoms with Crippen LogP contribution in [-0.4, -0.2) is 36.3 Å². The number of nitrogens with one attached hydrogen (secondary N) is 1. The highest BCUT2D eigenvalue weighted by atomic mass is 32.2. The fraction of sp³-hybridized carbons (Fsp3) is 0.381. The van der Waals surface area contributed by atoms with Gasteiger partial charge in [0.1, 0.15) is 5.37 Å².